The molecule has 0 unspecified atom stereocenters. The van der Waals surface area contributed by atoms with Gasteiger partial charge < -0.3 is 19.5 Å². The lowest BCUT2D eigenvalue weighted by molar-refractivity contribution is -0.137. The van der Waals surface area contributed by atoms with Crippen LogP contribution in [0, 0.1) is 0 Å². The van der Waals surface area contributed by atoms with Gasteiger partial charge in [0.15, 0.2) is 0 Å². The van der Waals surface area contributed by atoms with Crippen LogP contribution in [0.2, 0.25) is 0 Å². The van der Waals surface area contributed by atoms with E-state index in [1.165, 1.54) is 16.2 Å². The molecule has 9 heteroatoms. The Balaban J connectivity index is 1.61. The number of hydrogen-bond donors (Lipinski definition) is 1. The molecule has 2 aliphatic rings. The molecule has 2 aliphatic heterocycles. The van der Waals surface area contributed by atoms with E-state index >= 15 is 0 Å². The lowest BCUT2D eigenvalue weighted by Crippen LogP contribution is -2.43. The van der Waals surface area contributed by atoms with E-state index in [0.717, 1.165) is 18.0 Å². The van der Waals surface area contributed by atoms with Crippen molar-refractivity contribution in [1.82, 2.24) is 9.80 Å². The van der Waals surface area contributed by atoms with Crippen LogP contribution in [-0.4, -0.2) is 75.2 Å². The molecule has 0 saturated carbocycles. The minimum atomic E-state index is -0.330. The highest BCUT2D eigenvalue weighted by Gasteiger charge is 2.39. The van der Waals surface area contributed by atoms with Gasteiger partial charge in [-0.2, -0.15) is 0 Å². The number of nitrogens with zero attached hydrogens (tertiary/aromatic N) is 2. The van der Waals surface area contributed by atoms with Crippen molar-refractivity contribution in [1.29, 1.82) is 0 Å². The molecule has 2 aromatic rings. The van der Waals surface area contributed by atoms with E-state index in [0.29, 0.717) is 49.1 Å². The maximum atomic E-state index is 13.3. The largest absolute Gasteiger partial charge is 0.497 e. The zero-order chi connectivity index (χ0) is 21.8. The van der Waals surface area contributed by atoms with Gasteiger partial charge in [0.2, 0.25) is 0 Å². The van der Waals surface area contributed by atoms with Crippen LogP contribution in [0.5, 0.6) is 11.5 Å². The Kier molecular flexibility index (Phi) is 6.55. The van der Waals surface area contributed by atoms with Crippen molar-refractivity contribution in [3.8, 4) is 11.5 Å². The minimum absolute atomic E-state index is 0.268. The molecule has 1 fully saturated rings. The summed E-state index contributed by atoms with van der Waals surface area (Å²) in [6.07, 6.45) is 0. The van der Waals surface area contributed by atoms with Crippen molar-refractivity contribution in [2.24, 2.45) is 0 Å². The Morgan fingerprint density at radius 1 is 1.03 bits per heavy atom. The molecule has 3 heterocycles. The standard InChI is InChI=1S/C22H25N3O5S/c1-28-16-12-15(13-17(14-16)29-2)23-20-19(18-4-3-11-31-18)21(26)25(22(20)27)6-5-24-7-9-30-10-8-24/h3-4,11-14,23H,5-10H2,1-2H3. The highest BCUT2D eigenvalue weighted by molar-refractivity contribution is 7.11. The van der Waals surface area contributed by atoms with Crippen LogP contribution >= 0.6 is 11.3 Å². The number of amides is 2. The van der Waals surface area contributed by atoms with E-state index in [2.05, 4.69) is 10.2 Å². The van der Waals surface area contributed by atoms with Crippen LogP contribution in [0.15, 0.2) is 41.4 Å². The smallest absolute Gasteiger partial charge is 0.278 e. The van der Waals surface area contributed by atoms with Crippen molar-refractivity contribution in [3.63, 3.8) is 0 Å². The first-order valence-corrected chi connectivity index (χ1v) is 10.9. The summed E-state index contributed by atoms with van der Waals surface area (Å²) in [4.78, 5) is 30.8. The van der Waals surface area contributed by atoms with Gasteiger partial charge in [-0.15, -0.1) is 11.3 Å². The molecule has 0 bridgehead atoms. The number of benzene rings is 1. The van der Waals surface area contributed by atoms with Crippen molar-refractivity contribution < 1.29 is 23.8 Å². The van der Waals surface area contributed by atoms with Crippen LogP contribution in [0.4, 0.5) is 5.69 Å². The lowest BCUT2D eigenvalue weighted by Gasteiger charge is -2.28. The molecule has 0 spiro atoms. The van der Waals surface area contributed by atoms with E-state index in [9.17, 15) is 9.59 Å². The third-order valence-corrected chi connectivity index (χ3v) is 6.19. The van der Waals surface area contributed by atoms with E-state index in [-0.39, 0.29) is 17.5 Å². The number of anilines is 1. The van der Waals surface area contributed by atoms with Gasteiger partial charge in [0.05, 0.1) is 33.0 Å². The van der Waals surface area contributed by atoms with Crippen LogP contribution in [0.3, 0.4) is 0 Å². The molecule has 0 radical (unpaired) electrons. The highest BCUT2D eigenvalue weighted by atomic mass is 32.1. The van der Waals surface area contributed by atoms with Crippen LogP contribution < -0.4 is 14.8 Å². The first-order valence-electron chi connectivity index (χ1n) is 10.0. The maximum absolute atomic E-state index is 13.3. The molecular formula is C22H25N3O5S. The number of thiophene rings is 1. The molecule has 2 amide bonds. The summed E-state index contributed by atoms with van der Waals surface area (Å²) < 4.78 is 16.0. The summed E-state index contributed by atoms with van der Waals surface area (Å²) in [7, 11) is 3.12. The molecule has 31 heavy (non-hydrogen) atoms. The van der Waals surface area contributed by atoms with Gasteiger partial charge in [-0.1, -0.05) is 6.07 Å². The zero-order valence-electron chi connectivity index (χ0n) is 17.6. The third kappa shape index (κ3) is 4.58. The van der Waals surface area contributed by atoms with Crippen molar-refractivity contribution in [2.75, 3.05) is 58.9 Å². The molecule has 1 saturated heterocycles. The van der Waals surface area contributed by atoms with E-state index < -0.39 is 0 Å². The number of nitrogens with one attached hydrogen (secondary N) is 1. The number of carbonyl (C=O) groups is 2. The highest BCUT2D eigenvalue weighted by Crippen LogP contribution is 2.34. The van der Waals surface area contributed by atoms with Crippen molar-refractivity contribution in [3.05, 3.63) is 46.3 Å². The average molecular weight is 444 g/mol. The molecule has 1 aromatic carbocycles. The monoisotopic (exact) mass is 443 g/mol. The molecule has 4 rings (SSSR count). The number of methoxy groups -OCH3 is 2. The molecule has 1 aromatic heterocycles. The normalized spacial score (nSPS) is 17.4. The topological polar surface area (TPSA) is 80.3 Å². The van der Waals surface area contributed by atoms with Crippen LogP contribution in [0.1, 0.15) is 4.88 Å². The Hall–Kier alpha value is -2.88. The van der Waals surface area contributed by atoms with Crippen molar-refractivity contribution in [2.45, 2.75) is 0 Å². The quantitative estimate of drug-likeness (QED) is 0.627. The maximum Gasteiger partial charge on any atom is 0.278 e. The zero-order valence-corrected chi connectivity index (χ0v) is 18.4. The number of imide groups is 1. The van der Waals surface area contributed by atoms with Gasteiger partial charge in [-0.3, -0.25) is 19.4 Å². The fraction of sp³-hybridized carbons (Fsp3) is 0.364. The first-order chi connectivity index (χ1) is 15.1. The Labute approximate surface area is 185 Å². The fourth-order valence-corrected chi connectivity index (χ4v) is 4.40. The van der Waals surface area contributed by atoms with Gasteiger partial charge >= 0.3 is 0 Å². The molecular weight excluding hydrogens is 418 g/mol. The van der Waals surface area contributed by atoms with E-state index in [4.69, 9.17) is 14.2 Å². The second-order valence-electron chi connectivity index (χ2n) is 7.17. The van der Waals surface area contributed by atoms with Gasteiger partial charge in [0, 0.05) is 54.9 Å². The predicted octanol–water partition coefficient (Wildman–Crippen LogP) is 2.29. The third-order valence-electron chi connectivity index (χ3n) is 5.30. The summed E-state index contributed by atoms with van der Waals surface area (Å²) in [6, 6.07) is 8.99. The van der Waals surface area contributed by atoms with Gasteiger partial charge in [0.1, 0.15) is 17.2 Å². The number of carbonyl (C=O) groups excluding carboxylic acids is 2. The average Bonchev–Trinajstić information content (AvgIpc) is 3.40. The Morgan fingerprint density at radius 3 is 2.35 bits per heavy atom. The molecule has 0 aliphatic carbocycles. The summed E-state index contributed by atoms with van der Waals surface area (Å²) in [6.45, 7) is 3.90. The number of ether oxygens (including phenoxy) is 3. The van der Waals surface area contributed by atoms with E-state index in [1.54, 1.807) is 32.4 Å². The van der Waals surface area contributed by atoms with Crippen LogP contribution in [-0.2, 0) is 14.3 Å². The van der Waals surface area contributed by atoms with Gasteiger partial charge in [-0.05, 0) is 11.4 Å². The second-order valence-corrected chi connectivity index (χ2v) is 8.12. The fourth-order valence-electron chi connectivity index (χ4n) is 3.63. The molecule has 0 atom stereocenters. The van der Waals surface area contributed by atoms with Crippen LogP contribution in [0.25, 0.3) is 5.57 Å². The molecule has 1 N–H and O–H groups in total. The number of rotatable bonds is 8. The Bertz CT molecular complexity index is 961. The Morgan fingerprint density at radius 2 is 1.74 bits per heavy atom. The summed E-state index contributed by atoms with van der Waals surface area (Å²) in [5, 5.41) is 5.05. The summed E-state index contributed by atoms with van der Waals surface area (Å²) in [5.41, 5.74) is 1.27. The van der Waals surface area contributed by atoms with Crippen molar-refractivity contribution >= 4 is 34.4 Å². The van der Waals surface area contributed by atoms with Gasteiger partial charge in [-0.25, -0.2) is 0 Å². The van der Waals surface area contributed by atoms with Gasteiger partial charge in [0.25, 0.3) is 11.8 Å². The number of morpholine rings is 1. The first kappa shape index (κ1) is 21.4. The molecule has 8 nitrogen and oxygen atoms in total. The SMILES string of the molecule is COc1cc(NC2=C(c3cccs3)C(=O)N(CCN3CCOCC3)C2=O)cc(OC)c1. The lowest BCUT2D eigenvalue weighted by atomic mass is 10.2. The summed E-state index contributed by atoms with van der Waals surface area (Å²) in [5.74, 6) is 0.559. The minimum Gasteiger partial charge on any atom is -0.497 e. The predicted molar refractivity (Wildman–Crippen MR) is 118 cm³/mol. The second kappa shape index (κ2) is 9.51. The number of hydrogen-bond acceptors (Lipinski definition) is 8. The van der Waals surface area contributed by atoms with E-state index in [1.807, 2.05) is 17.5 Å². The molecule has 164 valence electrons. The summed E-state index contributed by atoms with van der Waals surface area (Å²) >= 11 is 1.43.